The summed E-state index contributed by atoms with van der Waals surface area (Å²) in [5.41, 5.74) is 7.76. The van der Waals surface area contributed by atoms with Crippen molar-refractivity contribution in [1.82, 2.24) is 5.32 Å². The van der Waals surface area contributed by atoms with Crippen LogP contribution in [0.2, 0.25) is 5.02 Å². The van der Waals surface area contributed by atoms with E-state index in [1.54, 1.807) is 18.2 Å². The first kappa shape index (κ1) is 20.9. The fraction of sp³-hybridized carbons (Fsp3) is 0.333. The molecular formula is C21H26ClN3O2. The van der Waals surface area contributed by atoms with E-state index in [2.05, 4.69) is 10.6 Å². The second-order valence-corrected chi connectivity index (χ2v) is 8.11. The van der Waals surface area contributed by atoms with Crippen molar-refractivity contribution in [2.75, 3.05) is 11.9 Å². The van der Waals surface area contributed by atoms with Crippen LogP contribution >= 0.6 is 11.6 Å². The van der Waals surface area contributed by atoms with Gasteiger partial charge in [0.1, 0.15) is 0 Å². The van der Waals surface area contributed by atoms with E-state index in [9.17, 15) is 9.59 Å². The average Bonchev–Trinajstić information content (AvgIpc) is 2.60. The third-order valence-electron chi connectivity index (χ3n) is 3.90. The molecule has 0 bridgehead atoms. The minimum absolute atomic E-state index is 0.109. The Bertz CT molecular complexity index is 801. The van der Waals surface area contributed by atoms with Gasteiger partial charge in [0.05, 0.1) is 10.6 Å². The van der Waals surface area contributed by atoms with E-state index in [0.717, 1.165) is 5.56 Å². The first-order valence-corrected chi connectivity index (χ1v) is 9.21. The molecule has 1 atom stereocenters. The third-order valence-corrected chi connectivity index (χ3v) is 4.23. The highest BCUT2D eigenvalue weighted by Gasteiger charge is 2.17. The summed E-state index contributed by atoms with van der Waals surface area (Å²) >= 11 is 6.16. The number of amides is 2. The maximum Gasteiger partial charge on any atom is 0.252 e. The van der Waals surface area contributed by atoms with Crippen LogP contribution < -0.4 is 16.4 Å². The number of benzene rings is 2. The summed E-state index contributed by atoms with van der Waals surface area (Å²) in [5, 5.41) is 5.92. The van der Waals surface area contributed by atoms with Crippen LogP contribution in [0.1, 0.15) is 49.2 Å². The molecule has 0 saturated carbocycles. The Balaban J connectivity index is 2.02. The highest BCUT2D eigenvalue weighted by atomic mass is 35.5. The van der Waals surface area contributed by atoms with Gasteiger partial charge in [0.15, 0.2) is 0 Å². The SMILES string of the molecule is CC(C)(C)CC(=O)Nc1ccc(Cl)c(C(=O)NCC(N)c2ccccc2)c1. The molecule has 0 aliphatic rings. The van der Waals surface area contributed by atoms with Gasteiger partial charge in [-0.3, -0.25) is 9.59 Å². The predicted molar refractivity (Wildman–Crippen MR) is 110 cm³/mol. The topological polar surface area (TPSA) is 84.2 Å². The van der Waals surface area contributed by atoms with E-state index in [4.69, 9.17) is 17.3 Å². The Labute approximate surface area is 165 Å². The van der Waals surface area contributed by atoms with Crippen LogP contribution in [0.3, 0.4) is 0 Å². The molecule has 6 heteroatoms. The van der Waals surface area contributed by atoms with Gasteiger partial charge in [-0.25, -0.2) is 0 Å². The molecule has 2 aromatic rings. The number of nitrogens with two attached hydrogens (primary N) is 1. The lowest BCUT2D eigenvalue weighted by Gasteiger charge is -2.18. The Hall–Kier alpha value is -2.37. The summed E-state index contributed by atoms with van der Waals surface area (Å²) in [6.45, 7) is 6.25. The summed E-state index contributed by atoms with van der Waals surface area (Å²) in [5.74, 6) is -0.444. The number of hydrogen-bond donors (Lipinski definition) is 3. The molecule has 4 N–H and O–H groups in total. The van der Waals surface area contributed by atoms with Gasteiger partial charge in [0.25, 0.3) is 5.91 Å². The van der Waals surface area contributed by atoms with Crippen molar-refractivity contribution in [3.05, 3.63) is 64.7 Å². The Morgan fingerprint density at radius 2 is 1.78 bits per heavy atom. The van der Waals surface area contributed by atoms with Gasteiger partial charge in [-0.05, 0) is 29.2 Å². The number of carbonyl (C=O) groups is 2. The van der Waals surface area contributed by atoms with Crippen molar-refractivity contribution in [3.8, 4) is 0 Å². The lowest BCUT2D eigenvalue weighted by molar-refractivity contribution is -0.117. The number of halogens is 1. The van der Waals surface area contributed by atoms with E-state index in [1.165, 1.54) is 0 Å². The maximum absolute atomic E-state index is 12.5. The molecule has 0 aliphatic carbocycles. The van der Waals surface area contributed by atoms with Gasteiger partial charge < -0.3 is 16.4 Å². The van der Waals surface area contributed by atoms with Crippen LogP contribution in [-0.4, -0.2) is 18.4 Å². The Morgan fingerprint density at radius 3 is 2.41 bits per heavy atom. The first-order chi connectivity index (χ1) is 12.7. The molecule has 27 heavy (non-hydrogen) atoms. The summed E-state index contributed by atoms with van der Waals surface area (Å²) in [7, 11) is 0. The minimum atomic E-state index is -0.335. The summed E-state index contributed by atoms with van der Waals surface area (Å²) in [6, 6.07) is 14.1. The van der Waals surface area contributed by atoms with E-state index in [1.807, 2.05) is 51.1 Å². The lowest BCUT2D eigenvalue weighted by Crippen LogP contribution is -2.32. The van der Waals surface area contributed by atoms with Crippen LogP contribution in [0, 0.1) is 5.41 Å². The van der Waals surface area contributed by atoms with Crippen LogP contribution in [0.5, 0.6) is 0 Å². The van der Waals surface area contributed by atoms with E-state index in [-0.39, 0.29) is 29.8 Å². The first-order valence-electron chi connectivity index (χ1n) is 8.84. The second-order valence-electron chi connectivity index (χ2n) is 7.71. The van der Waals surface area contributed by atoms with Crippen molar-refractivity contribution in [1.29, 1.82) is 0 Å². The summed E-state index contributed by atoms with van der Waals surface area (Å²) < 4.78 is 0. The van der Waals surface area contributed by atoms with Crippen molar-refractivity contribution in [3.63, 3.8) is 0 Å². The number of carbonyl (C=O) groups excluding carboxylic acids is 2. The van der Waals surface area contributed by atoms with Gasteiger partial charge in [-0.1, -0.05) is 62.7 Å². The molecule has 2 amide bonds. The predicted octanol–water partition coefficient (Wildman–Crippen LogP) is 4.14. The Morgan fingerprint density at radius 1 is 1.11 bits per heavy atom. The molecule has 0 radical (unpaired) electrons. The largest absolute Gasteiger partial charge is 0.350 e. The molecule has 2 aromatic carbocycles. The fourth-order valence-electron chi connectivity index (χ4n) is 2.58. The van der Waals surface area contributed by atoms with Gasteiger partial charge in [-0.15, -0.1) is 0 Å². The molecule has 0 heterocycles. The zero-order chi connectivity index (χ0) is 20.0. The molecule has 1 unspecified atom stereocenters. The van der Waals surface area contributed by atoms with Crippen molar-refractivity contribution < 1.29 is 9.59 Å². The molecule has 2 rings (SSSR count). The van der Waals surface area contributed by atoms with Crippen LogP contribution in [0.4, 0.5) is 5.69 Å². The van der Waals surface area contributed by atoms with E-state index >= 15 is 0 Å². The highest BCUT2D eigenvalue weighted by molar-refractivity contribution is 6.34. The average molecular weight is 388 g/mol. The summed E-state index contributed by atoms with van der Waals surface area (Å²) in [4.78, 5) is 24.6. The number of rotatable bonds is 6. The molecule has 0 fully saturated rings. The third kappa shape index (κ3) is 6.70. The van der Waals surface area contributed by atoms with Crippen molar-refractivity contribution in [2.24, 2.45) is 11.1 Å². The molecule has 5 nitrogen and oxygen atoms in total. The maximum atomic E-state index is 12.5. The van der Waals surface area contributed by atoms with Gasteiger partial charge in [0.2, 0.25) is 5.91 Å². The second kappa shape index (κ2) is 9.02. The normalized spacial score (nSPS) is 12.3. The van der Waals surface area contributed by atoms with Gasteiger partial charge >= 0.3 is 0 Å². The molecule has 0 saturated heterocycles. The zero-order valence-electron chi connectivity index (χ0n) is 15.9. The van der Waals surface area contributed by atoms with Crippen LogP contribution in [-0.2, 0) is 4.79 Å². The fourth-order valence-corrected chi connectivity index (χ4v) is 2.78. The van der Waals surface area contributed by atoms with E-state index in [0.29, 0.717) is 22.7 Å². The monoisotopic (exact) mass is 387 g/mol. The number of nitrogens with one attached hydrogen (secondary N) is 2. The number of anilines is 1. The summed E-state index contributed by atoms with van der Waals surface area (Å²) in [6.07, 6.45) is 0.378. The van der Waals surface area contributed by atoms with E-state index < -0.39 is 0 Å². The molecule has 0 aromatic heterocycles. The molecule has 0 spiro atoms. The molecule has 144 valence electrons. The van der Waals surface area contributed by atoms with Crippen LogP contribution in [0.25, 0.3) is 0 Å². The quantitative estimate of drug-likeness (QED) is 0.696. The molecular weight excluding hydrogens is 362 g/mol. The minimum Gasteiger partial charge on any atom is -0.350 e. The van der Waals surface area contributed by atoms with Gasteiger partial charge in [0, 0.05) is 24.7 Å². The standard InChI is InChI=1S/C21H26ClN3O2/c1-21(2,3)12-19(26)25-15-9-10-17(22)16(11-15)20(27)24-13-18(23)14-7-5-4-6-8-14/h4-11,18H,12-13,23H2,1-3H3,(H,24,27)(H,25,26). The smallest absolute Gasteiger partial charge is 0.252 e. The number of hydrogen-bond acceptors (Lipinski definition) is 3. The molecule has 0 aliphatic heterocycles. The zero-order valence-corrected chi connectivity index (χ0v) is 16.6. The lowest BCUT2D eigenvalue weighted by atomic mass is 9.92. The van der Waals surface area contributed by atoms with Crippen molar-refractivity contribution >= 4 is 29.1 Å². The van der Waals surface area contributed by atoms with Crippen molar-refractivity contribution in [2.45, 2.75) is 33.2 Å². The highest BCUT2D eigenvalue weighted by Crippen LogP contribution is 2.23. The van der Waals surface area contributed by atoms with Crippen LogP contribution in [0.15, 0.2) is 48.5 Å². The van der Waals surface area contributed by atoms with Gasteiger partial charge in [-0.2, -0.15) is 0 Å². The Kier molecular flexibility index (Phi) is 6.99.